The SMILES string of the molecule is CCCCP(CCCC)C1(C(CCCP)C2(P(CCCC)CCCC)CCCCC2)CCCCC1. The van der Waals surface area contributed by atoms with E-state index in [2.05, 4.69) is 36.9 Å². The third kappa shape index (κ3) is 9.17. The molecule has 0 aromatic carbocycles. The van der Waals surface area contributed by atoms with Gasteiger partial charge >= 0.3 is 0 Å². The molecule has 0 N–H and O–H groups in total. The first-order valence-corrected chi connectivity index (χ1v) is 20.6. The van der Waals surface area contributed by atoms with Gasteiger partial charge in [0.1, 0.15) is 0 Å². The summed E-state index contributed by atoms with van der Waals surface area (Å²) in [7, 11) is 3.45. The molecule has 0 bridgehead atoms. The lowest BCUT2D eigenvalue weighted by molar-refractivity contribution is 0.175. The molecule has 1 unspecified atom stereocenters. The van der Waals surface area contributed by atoms with Crippen LogP contribution < -0.4 is 0 Å². The Kier molecular flexibility index (Phi) is 17.2. The Balaban J connectivity index is 2.59. The molecule has 2 saturated carbocycles. The molecule has 0 aromatic heterocycles. The van der Waals surface area contributed by atoms with Gasteiger partial charge < -0.3 is 0 Å². The van der Waals surface area contributed by atoms with E-state index in [0.717, 1.165) is 16.2 Å². The Morgan fingerprint density at radius 3 is 1.17 bits per heavy atom. The quantitative estimate of drug-likeness (QED) is 0.142. The van der Waals surface area contributed by atoms with Crippen molar-refractivity contribution in [3.63, 3.8) is 0 Å². The zero-order chi connectivity index (χ0) is 25.4. The molecule has 2 rings (SSSR count). The second kappa shape index (κ2) is 18.6. The fourth-order valence-corrected chi connectivity index (χ4v) is 16.9. The highest BCUT2D eigenvalue weighted by Gasteiger charge is 2.55. The fraction of sp³-hybridized carbons (Fsp3) is 1.00. The van der Waals surface area contributed by atoms with Crippen LogP contribution in [0.25, 0.3) is 0 Å². The summed E-state index contributed by atoms with van der Waals surface area (Å²) < 4.78 is 0. The summed E-state index contributed by atoms with van der Waals surface area (Å²) in [6.07, 6.45) is 38.1. The number of rotatable bonds is 19. The van der Waals surface area contributed by atoms with Crippen LogP contribution in [0.2, 0.25) is 0 Å². The lowest BCUT2D eigenvalue weighted by Crippen LogP contribution is -2.53. The van der Waals surface area contributed by atoms with Gasteiger partial charge in [0.05, 0.1) is 0 Å². The minimum Gasteiger partial charge on any atom is -0.138 e. The topological polar surface area (TPSA) is 0 Å². The van der Waals surface area contributed by atoms with Gasteiger partial charge in [0.15, 0.2) is 0 Å². The van der Waals surface area contributed by atoms with Crippen LogP contribution in [-0.2, 0) is 0 Å². The van der Waals surface area contributed by atoms with Gasteiger partial charge in [0.2, 0.25) is 0 Å². The van der Waals surface area contributed by atoms with E-state index in [1.807, 2.05) is 0 Å². The summed E-state index contributed by atoms with van der Waals surface area (Å²) >= 11 is 0. The summed E-state index contributed by atoms with van der Waals surface area (Å²) in [5.74, 6) is 1.05. The Labute approximate surface area is 227 Å². The van der Waals surface area contributed by atoms with Crippen molar-refractivity contribution >= 4 is 25.1 Å². The minimum atomic E-state index is 0.166. The maximum atomic E-state index is 3.12. The van der Waals surface area contributed by atoms with Gasteiger partial charge in [0.25, 0.3) is 0 Å². The average Bonchev–Trinajstić information content (AvgIpc) is 2.90. The van der Waals surface area contributed by atoms with E-state index in [9.17, 15) is 0 Å². The highest BCUT2D eigenvalue weighted by molar-refractivity contribution is 7.60. The molecule has 0 spiro atoms. The van der Waals surface area contributed by atoms with Crippen LogP contribution in [0.5, 0.6) is 0 Å². The van der Waals surface area contributed by atoms with Crippen molar-refractivity contribution in [1.82, 2.24) is 0 Å². The lowest BCUT2D eigenvalue weighted by Gasteiger charge is -2.60. The zero-order valence-corrected chi connectivity index (χ0v) is 27.7. The molecule has 0 aliphatic heterocycles. The van der Waals surface area contributed by atoms with Gasteiger partial charge in [0, 0.05) is 0 Å². The monoisotopic (exact) mass is 542 g/mol. The first-order valence-electron chi connectivity index (χ1n) is 16.3. The van der Waals surface area contributed by atoms with E-state index in [-0.39, 0.29) is 15.8 Å². The van der Waals surface area contributed by atoms with Crippen LogP contribution in [0.3, 0.4) is 0 Å². The highest BCUT2D eigenvalue weighted by atomic mass is 31.1. The lowest BCUT2D eigenvalue weighted by atomic mass is 9.66. The second-order valence-corrected chi connectivity index (χ2v) is 18.5. The van der Waals surface area contributed by atoms with E-state index in [4.69, 9.17) is 0 Å². The van der Waals surface area contributed by atoms with E-state index < -0.39 is 0 Å². The van der Waals surface area contributed by atoms with Crippen LogP contribution in [0, 0.1) is 5.92 Å². The van der Waals surface area contributed by atoms with Crippen molar-refractivity contribution in [2.75, 3.05) is 30.8 Å². The fourth-order valence-electron chi connectivity index (χ4n) is 7.97. The smallest absolute Gasteiger partial charge is 0.00575 e. The van der Waals surface area contributed by atoms with Gasteiger partial charge in [-0.2, -0.15) is 0 Å². The van der Waals surface area contributed by atoms with Crippen molar-refractivity contribution in [1.29, 1.82) is 0 Å². The van der Waals surface area contributed by atoms with Gasteiger partial charge in [-0.05, 0) is 111 Å². The number of hydrogen-bond donors (Lipinski definition) is 0. The molecule has 3 heteroatoms. The van der Waals surface area contributed by atoms with Gasteiger partial charge in [-0.1, -0.05) is 91.9 Å². The second-order valence-electron chi connectivity index (χ2n) is 12.2. The summed E-state index contributed by atoms with van der Waals surface area (Å²) in [4.78, 5) is 0. The van der Waals surface area contributed by atoms with Gasteiger partial charge in [-0.3, -0.25) is 0 Å². The summed E-state index contributed by atoms with van der Waals surface area (Å²) in [5, 5.41) is 1.46. The van der Waals surface area contributed by atoms with Gasteiger partial charge in [-0.25, -0.2) is 0 Å². The third-order valence-electron chi connectivity index (χ3n) is 9.82. The predicted octanol–water partition coefficient (Wildman–Crippen LogP) is 11.8. The zero-order valence-electron chi connectivity index (χ0n) is 24.7. The molecule has 0 nitrogen and oxygen atoms in total. The summed E-state index contributed by atoms with van der Waals surface area (Å²) in [5.41, 5.74) is 0. The molecule has 2 aliphatic rings. The van der Waals surface area contributed by atoms with Crippen LogP contribution in [0.1, 0.15) is 156 Å². The van der Waals surface area contributed by atoms with Crippen molar-refractivity contribution in [2.24, 2.45) is 5.92 Å². The largest absolute Gasteiger partial charge is 0.138 e. The molecule has 208 valence electrons. The molecule has 0 radical (unpaired) electrons. The van der Waals surface area contributed by atoms with Crippen LogP contribution in [0.4, 0.5) is 0 Å². The standard InChI is InChI=1S/C32H65P3/c1-5-9-26-34(27-10-6-2)31(21-15-13-16-22-31)30(20-19-25-33)32(23-17-14-18-24-32)35(28-11-7-3)29-12-8-4/h30H,5-29,33H2,1-4H3. The first-order chi connectivity index (χ1) is 17.1. The third-order valence-corrected chi connectivity index (χ3v) is 17.7. The normalized spacial score (nSPS) is 20.2. The van der Waals surface area contributed by atoms with E-state index >= 15 is 0 Å². The molecule has 35 heavy (non-hydrogen) atoms. The Bertz CT molecular complexity index is 449. The van der Waals surface area contributed by atoms with Gasteiger partial charge in [-0.15, -0.1) is 25.1 Å². The van der Waals surface area contributed by atoms with Crippen molar-refractivity contribution < 1.29 is 0 Å². The molecule has 2 fully saturated rings. The van der Waals surface area contributed by atoms with Crippen molar-refractivity contribution in [3.05, 3.63) is 0 Å². The Morgan fingerprint density at radius 1 is 0.543 bits per heavy atom. The summed E-state index contributed by atoms with van der Waals surface area (Å²) in [6, 6.07) is 0. The molecular formula is C32H65P3. The highest BCUT2D eigenvalue weighted by Crippen LogP contribution is 2.71. The molecule has 0 amide bonds. The van der Waals surface area contributed by atoms with E-state index in [0.29, 0.717) is 0 Å². The molecule has 2 aliphatic carbocycles. The van der Waals surface area contributed by atoms with Crippen LogP contribution >= 0.6 is 25.1 Å². The maximum absolute atomic E-state index is 3.12. The average molecular weight is 543 g/mol. The Hall–Kier alpha value is 1.29. The van der Waals surface area contributed by atoms with Crippen molar-refractivity contribution in [2.45, 2.75) is 166 Å². The Morgan fingerprint density at radius 2 is 0.886 bits per heavy atom. The number of unbranched alkanes of at least 4 members (excludes halogenated alkanes) is 4. The molecular weight excluding hydrogens is 477 g/mol. The van der Waals surface area contributed by atoms with E-state index in [1.165, 1.54) is 76.8 Å². The predicted molar refractivity (Wildman–Crippen MR) is 172 cm³/mol. The molecule has 0 aromatic rings. The molecule has 1 atom stereocenters. The van der Waals surface area contributed by atoms with Crippen molar-refractivity contribution in [3.8, 4) is 0 Å². The molecule has 0 saturated heterocycles. The first kappa shape index (κ1) is 32.5. The molecule has 0 heterocycles. The van der Waals surface area contributed by atoms with E-state index in [1.54, 1.807) is 82.4 Å². The maximum Gasteiger partial charge on any atom is -0.00575 e. The minimum absolute atomic E-state index is 0.166. The van der Waals surface area contributed by atoms with Crippen LogP contribution in [-0.4, -0.2) is 41.1 Å². The summed E-state index contributed by atoms with van der Waals surface area (Å²) in [6.45, 7) is 9.79. The number of hydrogen-bond acceptors (Lipinski definition) is 0. The van der Waals surface area contributed by atoms with Crippen LogP contribution in [0.15, 0.2) is 0 Å².